The molecule has 1 aromatic heterocycles. The Bertz CT molecular complexity index is 816. The van der Waals surface area contributed by atoms with E-state index in [1.54, 1.807) is 23.0 Å². The van der Waals surface area contributed by atoms with Gasteiger partial charge in [0.15, 0.2) is 0 Å². The number of rotatable bonds is 4. The first-order chi connectivity index (χ1) is 10.8. The molecule has 0 N–H and O–H groups in total. The third-order valence-corrected chi connectivity index (χ3v) is 3.51. The van der Waals surface area contributed by atoms with Gasteiger partial charge in [-0.25, -0.2) is 4.39 Å². The predicted octanol–water partition coefficient (Wildman–Crippen LogP) is 3.80. The van der Waals surface area contributed by atoms with Crippen LogP contribution in [0.1, 0.15) is 11.1 Å². The van der Waals surface area contributed by atoms with E-state index in [0.29, 0.717) is 11.1 Å². The van der Waals surface area contributed by atoms with Gasteiger partial charge < -0.3 is 0 Å². The summed E-state index contributed by atoms with van der Waals surface area (Å²) < 4.78 is 15.8. The molecule has 0 saturated heterocycles. The molecular formula is C18H14FN3. The van der Waals surface area contributed by atoms with E-state index < -0.39 is 5.82 Å². The molecule has 1 heterocycles. The molecule has 22 heavy (non-hydrogen) atoms. The Morgan fingerprint density at radius 3 is 2.68 bits per heavy atom. The lowest BCUT2D eigenvalue weighted by molar-refractivity contribution is 0.614. The molecule has 3 rings (SSSR count). The number of hydrogen-bond acceptors (Lipinski definition) is 2. The van der Waals surface area contributed by atoms with Gasteiger partial charge in [0, 0.05) is 23.9 Å². The van der Waals surface area contributed by atoms with Gasteiger partial charge in [-0.15, -0.1) is 0 Å². The molecule has 0 saturated carbocycles. The zero-order chi connectivity index (χ0) is 15.4. The quantitative estimate of drug-likeness (QED) is 0.733. The lowest BCUT2D eigenvalue weighted by atomic mass is 10.1. The molecule has 0 aliphatic heterocycles. The second kappa shape index (κ2) is 6.23. The monoisotopic (exact) mass is 291 g/mol. The van der Waals surface area contributed by atoms with E-state index in [9.17, 15) is 4.39 Å². The summed E-state index contributed by atoms with van der Waals surface area (Å²) in [6.45, 7) is 0.738. The molecule has 108 valence electrons. The highest BCUT2D eigenvalue weighted by Crippen LogP contribution is 2.23. The van der Waals surface area contributed by atoms with Crippen LogP contribution >= 0.6 is 0 Å². The molecular weight excluding hydrogens is 277 g/mol. The first-order valence-corrected chi connectivity index (χ1v) is 7.02. The van der Waals surface area contributed by atoms with Crippen LogP contribution in [0, 0.1) is 17.1 Å². The number of hydrogen-bond donors (Lipinski definition) is 0. The van der Waals surface area contributed by atoms with E-state index in [4.69, 9.17) is 5.26 Å². The Morgan fingerprint density at radius 1 is 1.14 bits per heavy atom. The predicted molar refractivity (Wildman–Crippen MR) is 82.5 cm³/mol. The second-order valence-electron chi connectivity index (χ2n) is 5.03. The van der Waals surface area contributed by atoms with E-state index in [-0.39, 0.29) is 0 Å². The number of nitriles is 1. The molecule has 0 unspecified atom stereocenters. The molecule has 0 amide bonds. The fourth-order valence-corrected chi connectivity index (χ4v) is 2.33. The molecule has 0 aliphatic carbocycles. The summed E-state index contributed by atoms with van der Waals surface area (Å²) in [5.41, 5.74) is 2.74. The minimum Gasteiger partial charge on any atom is -0.272 e. The van der Waals surface area contributed by atoms with Crippen molar-refractivity contribution in [3.63, 3.8) is 0 Å². The van der Waals surface area contributed by atoms with Crippen molar-refractivity contribution in [3.8, 4) is 17.2 Å². The first-order valence-electron chi connectivity index (χ1n) is 7.02. The van der Waals surface area contributed by atoms with Crippen molar-refractivity contribution in [1.29, 1.82) is 5.26 Å². The fraction of sp³-hybridized carbons (Fsp3) is 0.111. The molecule has 0 fully saturated rings. The van der Waals surface area contributed by atoms with Gasteiger partial charge in [-0.1, -0.05) is 36.4 Å². The lowest BCUT2D eigenvalue weighted by Crippen LogP contribution is -2.01. The average Bonchev–Trinajstić information content (AvgIpc) is 3.02. The summed E-state index contributed by atoms with van der Waals surface area (Å²) in [6.07, 6.45) is 4.35. The maximum Gasteiger partial charge on any atom is 0.132 e. The molecule has 0 radical (unpaired) electrons. The molecule has 0 bridgehead atoms. The summed E-state index contributed by atoms with van der Waals surface area (Å²) >= 11 is 0. The van der Waals surface area contributed by atoms with E-state index in [1.807, 2.05) is 30.5 Å². The van der Waals surface area contributed by atoms with Crippen LogP contribution < -0.4 is 0 Å². The lowest BCUT2D eigenvalue weighted by Gasteiger charge is -2.02. The smallest absolute Gasteiger partial charge is 0.132 e. The number of nitrogens with zero attached hydrogens (tertiary/aromatic N) is 3. The molecule has 0 aliphatic rings. The van der Waals surface area contributed by atoms with Gasteiger partial charge in [-0.05, 0) is 24.1 Å². The highest BCUT2D eigenvalue weighted by molar-refractivity contribution is 5.63. The Morgan fingerprint density at radius 2 is 1.95 bits per heavy atom. The van der Waals surface area contributed by atoms with Gasteiger partial charge in [0.25, 0.3) is 0 Å². The van der Waals surface area contributed by atoms with Crippen LogP contribution in [0.2, 0.25) is 0 Å². The number of halogens is 1. The number of aromatic nitrogens is 2. The van der Waals surface area contributed by atoms with Gasteiger partial charge >= 0.3 is 0 Å². The third kappa shape index (κ3) is 3.04. The van der Waals surface area contributed by atoms with Gasteiger partial charge in [-0.3, -0.25) is 4.68 Å². The normalized spacial score (nSPS) is 10.4. The van der Waals surface area contributed by atoms with Crippen LogP contribution in [-0.2, 0) is 13.0 Å². The van der Waals surface area contributed by atoms with E-state index in [1.165, 1.54) is 11.6 Å². The van der Waals surface area contributed by atoms with Gasteiger partial charge in [-0.2, -0.15) is 10.4 Å². The van der Waals surface area contributed by atoms with Crippen LogP contribution in [0.25, 0.3) is 11.1 Å². The Labute approximate surface area is 128 Å². The minimum absolute atomic E-state index is 0.317. The second-order valence-corrected chi connectivity index (χ2v) is 5.03. The topological polar surface area (TPSA) is 41.6 Å². The Hall–Kier alpha value is -2.93. The summed E-state index contributed by atoms with van der Waals surface area (Å²) in [5, 5.41) is 13.0. The first kappa shape index (κ1) is 14.0. The van der Waals surface area contributed by atoms with Crippen molar-refractivity contribution >= 4 is 0 Å². The molecule has 4 heteroatoms. The van der Waals surface area contributed by atoms with E-state index in [2.05, 4.69) is 17.2 Å². The van der Waals surface area contributed by atoms with Crippen molar-refractivity contribution in [2.45, 2.75) is 13.0 Å². The zero-order valence-corrected chi connectivity index (χ0v) is 11.9. The molecule has 0 atom stereocenters. The van der Waals surface area contributed by atoms with Gasteiger partial charge in [0.1, 0.15) is 5.82 Å². The molecule has 3 nitrogen and oxygen atoms in total. The highest BCUT2D eigenvalue weighted by atomic mass is 19.1. The molecule has 3 aromatic rings. The maximum atomic E-state index is 14.0. The van der Waals surface area contributed by atoms with Crippen LogP contribution in [-0.4, -0.2) is 9.78 Å². The molecule has 0 spiro atoms. The van der Waals surface area contributed by atoms with Gasteiger partial charge in [0.05, 0.1) is 17.8 Å². The standard InChI is InChI=1S/C18H14FN3/c19-18-10-15(11-20)6-7-17(18)16-12-21-22(13-16)9-8-14-4-2-1-3-5-14/h1-7,10,12-13H,8-9H2. The highest BCUT2D eigenvalue weighted by Gasteiger charge is 2.08. The number of benzene rings is 2. The minimum atomic E-state index is -0.401. The van der Waals surface area contributed by atoms with E-state index in [0.717, 1.165) is 18.5 Å². The maximum absolute atomic E-state index is 14.0. The summed E-state index contributed by atoms with van der Waals surface area (Å²) in [7, 11) is 0. The van der Waals surface area contributed by atoms with Crippen LogP contribution in [0.4, 0.5) is 4.39 Å². The van der Waals surface area contributed by atoms with Crippen molar-refractivity contribution in [3.05, 3.63) is 77.9 Å². The SMILES string of the molecule is N#Cc1ccc(-c2cnn(CCc3ccccc3)c2)c(F)c1. The van der Waals surface area contributed by atoms with Crippen LogP contribution in [0.5, 0.6) is 0 Å². The van der Waals surface area contributed by atoms with Crippen molar-refractivity contribution < 1.29 is 4.39 Å². The van der Waals surface area contributed by atoms with E-state index >= 15 is 0 Å². The average molecular weight is 291 g/mol. The number of aryl methyl sites for hydroxylation is 2. The van der Waals surface area contributed by atoms with Crippen LogP contribution in [0.3, 0.4) is 0 Å². The Balaban J connectivity index is 1.75. The van der Waals surface area contributed by atoms with Crippen LogP contribution in [0.15, 0.2) is 60.9 Å². The van der Waals surface area contributed by atoms with Crippen molar-refractivity contribution in [2.24, 2.45) is 0 Å². The summed E-state index contributed by atoms with van der Waals surface area (Å²) in [5.74, 6) is -0.401. The largest absolute Gasteiger partial charge is 0.272 e. The summed E-state index contributed by atoms with van der Waals surface area (Å²) in [4.78, 5) is 0. The zero-order valence-electron chi connectivity index (χ0n) is 11.9. The van der Waals surface area contributed by atoms with Gasteiger partial charge in [0.2, 0.25) is 0 Å². The third-order valence-electron chi connectivity index (χ3n) is 3.51. The fourth-order valence-electron chi connectivity index (χ4n) is 2.33. The van der Waals surface area contributed by atoms with Crippen molar-refractivity contribution in [1.82, 2.24) is 9.78 Å². The van der Waals surface area contributed by atoms with Crippen molar-refractivity contribution in [2.75, 3.05) is 0 Å². The molecule has 2 aromatic carbocycles. The summed E-state index contributed by atoms with van der Waals surface area (Å²) in [6, 6.07) is 16.6. The Kier molecular flexibility index (Phi) is 3.97.